The lowest BCUT2D eigenvalue weighted by Crippen LogP contribution is -2.49. The Morgan fingerprint density at radius 1 is 1.35 bits per heavy atom. The highest BCUT2D eigenvalue weighted by Gasteiger charge is 2.23. The van der Waals surface area contributed by atoms with Crippen molar-refractivity contribution in [2.75, 3.05) is 39.0 Å². The molecule has 1 fully saturated rings. The van der Waals surface area contributed by atoms with Crippen LogP contribution in [0.1, 0.15) is 19.3 Å². The summed E-state index contributed by atoms with van der Waals surface area (Å²) in [7, 11) is -1.80. The van der Waals surface area contributed by atoms with Gasteiger partial charge in [-0.2, -0.15) is 0 Å². The fourth-order valence-electron chi connectivity index (χ4n) is 1.88. The van der Waals surface area contributed by atoms with E-state index in [0.717, 1.165) is 17.1 Å². The summed E-state index contributed by atoms with van der Waals surface area (Å²) < 4.78 is 29.9. The van der Waals surface area contributed by atoms with E-state index >= 15 is 0 Å². The second-order valence-electron chi connectivity index (χ2n) is 4.59. The molecular formula is C11H23NO4S. The molecule has 0 radical (unpaired) electrons. The highest BCUT2D eigenvalue weighted by atomic mass is 32.2. The van der Waals surface area contributed by atoms with Crippen LogP contribution >= 0.6 is 0 Å². The third kappa shape index (κ3) is 9.29. The van der Waals surface area contributed by atoms with Gasteiger partial charge in [0.05, 0.1) is 42.6 Å². The Balaban J connectivity index is 0.000000325. The van der Waals surface area contributed by atoms with Crippen molar-refractivity contribution < 1.29 is 22.6 Å². The van der Waals surface area contributed by atoms with E-state index in [4.69, 9.17) is 5.11 Å². The summed E-state index contributed by atoms with van der Waals surface area (Å²) in [5.74, 6) is -0.479. The van der Waals surface area contributed by atoms with Gasteiger partial charge in [-0.15, -0.1) is 6.58 Å². The Labute approximate surface area is 104 Å². The van der Waals surface area contributed by atoms with Crippen LogP contribution in [-0.2, 0) is 10.1 Å². The average Bonchev–Trinajstić information content (AvgIpc) is 2.17. The third-order valence-electron chi connectivity index (χ3n) is 2.86. The Morgan fingerprint density at radius 3 is 2.18 bits per heavy atom. The summed E-state index contributed by atoms with van der Waals surface area (Å²) >= 11 is 0. The fourth-order valence-corrected chi connectivity index (χ4v) is 2.17. The maximum Gasteiger partial charge on any atom is 0.102 e. The Bertz CT molecular complexity index is 302. The molecule has 1 aliphatic rings. The first-order valence-corrected chi connectivity index (χ1v) is 7.39. The summed E-state index contributed by atoms with van der Waals surface area (Å²) in [4.78, 5) is 0. The summed E-state index contributed by atoms with van der Waals surface area (Å²) in [6, 6.07) is 0. The van der Waals surface area contributed by atoms with Crippen LogP contribution in [0, 0.1) is 0 Å². The second-order valence-corrected chi connectivity index (χ2v) is 6.04. The zero-order valence-corrected chi connectivity index (χ0v) is 11.3. The first-order valence-electron chi connectivity index (χ1n) is 5.82. The normalized spacial score (nSPS) is 19.0. The van der Waals surface area contributed by atoms with Gasteiger partial charge in [-0.1, -0.05) is 6.08 Å². The molecule has 0 aromatic carbocycles. The van der Waals surface area contributed by atoms with Crippen LogP contribution in [0.4, 0.5) is 0 Å². The number of nitrogens with zero attached hydrogens (tertiary/aromatic N) is 1. The van der Waals surface area contributed by atoms with Gasteiger partial charge in [-0.25, -0.2) is 8.42 Å². The lowest BCUT2D eigenvalue weighted by atomic mass is 10.1. The van der Waals surface area contributed by atoms with E-state index in [-0.39, 0.29) is 0 Å². The summed E-state index contributed by atoms with van der Waals surface area (Å²) in [6.45, 7) is 6.88. The van der Waals surface area contributed by atoms with E-state index in [1.807, 2.05) is 0 Å². The number of hydrogen-bond donors (Lipinski definition) is 1. The van der Waals surface area contributed by atoms with E-state index in [1.165, 1.54) is 32.4 Å². The molecule has 0 aromatic heterocycles. The average molecular weight is 265 g/mol. The molecule has 0 atom stereocenters. The van der Waals surface area contributed by atoms with Gasteiger partial charge >= 0.3 is 0 Å². The molecule has 102 valence electrons. The topological polar surface area (TPSA) is 77.4 Å². The molecule has 0 aromatic rings. The second kappa shape index (κ2) is 7.81. The number of piperidine rings is 1. The molecule has 0 saturated carbocycles. The van der Waals surface area contributed by atoms with E-state index in [1.54, 1.807) is 0 Å². The van der Waals surface area contributed by atoms with Gasteiger partial charge in [0.15, 0.2) is 0 Å². The van der Waals surface area contributed by atoms with Gasteiger partial charge < -0.3 is 14.1 Å². The van der Waals surface area contributed by atoms with Crippen LogP contribution in [0.15, 0.2) is 12.7 Å². The molecule has 0 spiro atoms. The van der Waals surface area contributed by atoms with Crippen molar-refractivity contribution in [1.82, 2.24) is 0 Å². The van der Waals surface area contributed by atoms with Crippen molar-refractivity contribution in [2.45, 2.75) is 19.3 Å². The molecule has 6 heteroatoms. The van der Waals surface area contributed by atoms with E-state index in [0.29, 0.717) is 6.61 Å². The zero-order chi connectivity index (χ0) is 13.4. The van der Waals surface area contributed by atoms with E-state index < -0.39 is 15.9 Å². The van der Waals surface area contributed by atoms with Crippen molar-refractivity contribution >= 4 is 10.1 Å². The fraction of sp³-hybridized carbons (Fsp3) is 0.818. The number of likely N-dealkylation sites (tertiary alicyclic amines) is 1. The molecule has 0 aliphatic carbocycles. The molecular weight excluding hydrogens is 242 g/mol. The molecule has 1 N–H and O–H groups in total. The molecule has 0 bridgehead atoms. The lowest BCUT2D eigenvalue weighted by molar-refractivity contribution is -0.914. The summed E-state index contributed by atoms with van der Waals surface area (Å²) in [6.07, 6.45) is 5.13. The van der Waals surface area contributed by atoms with Crippen LogP contribution in [0.5, 0.6) is 0 Å². The van der Waals surface area contributed by atoms with Crippen LogP contribution in [0.25, 0.3) is 0 Å². The smallest absolute Gasteiger partial charge is 0.102 e. The minimum Gasteiger partial charge on any atom is -0.748 e. The largest absolute Gasteiger partial charge is 0.748 e. The third-order valence-corrected chi connectivity index (χ3v) is 3.50. The van der Waals surface area contributed by atoms with Crippen molar-refractivity contribution in [1.29, 1.82) is 0 Å². The van der Waals surface area contributed by atoms with E-state index in [2.05, 4.69) is 13.6 Å². The van der Waals surface area contributed by atoms with Gasteiger partial charge in [-0.3, -0.25) is 0 Å². The van der Waals surface area contributed by atoms with Gasteiger partial charge in [0.25, 0.3) is 0 Å². The lowest BCUT2D eigenvalue weighted by Gasteiger charge is -2.37. The van der Waals surface area contributed by atoms with Crippen LogP contribution in [-0.4, -0.2) is 61.6 Å². The maximum atomic E-state index is 9.60. The number of hydrogen-bond acceptors (Lipinski definition) is 4. The SMILES string of the molecule is C=CCS(=O)(=O)[O-].C[N+]1(CCO)CCCCC1. The van der Waals surface area contributed by atoms with Gasteiger partial charge in [0, 0.05) is 0 Å². The standard InChI is InChI=1S/C8H18NO.C3H6O3S/c1-9(7-8-10)5-3-2-4-6-9;1-2-3-7(4,5)6/h10H,2-8H2,1H3;2H,1,3H2,(H,4,5,6)/q+1;/p-1. The number of likely N-dealkylation sites (N-methyl/N-ethyl adjacent to an activating group) is 1. The minimum atomic E-state index is -4.04. The number of aliphatic hydroxyl groups excluding tert-OH is 1. The monoisotopic (exact) mass is 265 g/mol. The molecule has 1 aliphatic heterocycles. The quantitative estimate of drug-likeness (QED) is 0.451. The molecule has 17 heavy (non-hydrogen) atoms. The van der Waals surface area contributed by atoms with Gasteiger partial charge in [0.1, 0.15) is 6.54 Å². The predicted octanol–water partition coefficient (Wildman–Crippen LogP) is 0.327. The van der Waals surface area contributed by atoms with Crippen molar-refractivity contribution in [2.24, 2.45) is 0 Å². The minimum absolute atomic E-state index is 0.344. The first-order chi connectivity index (χ1) is 7.83. The highest BCUT2D eigenvalue weighted by Crippen LogP contribution is 2.14. The summed E-state index contributed by atoms with van der Waals surface area (Å²) in [5.41, 5.74) is 0. The van der Waals surface area contributed by atoms with Crippen molar-refractivity contribution in [3.8, 4) is 0 Å². The number of aliphatic hydroxyl groups is 1. The van der Waals surface area contributed by atoms with E-state index in [9.17, 15) is 13.0 Å². The molecule has 5 nitrogen and oxygen atoms in total. The van der Waals surface area contributed by atoms with Crippen LogP contribution in [0.3, 0.4) is 0 Å². The predicted molar refractivity (Wildman–Crippen MR) is 66.5 cm³/mol. The summed E-state index contributed by atoms with van der Waals surface area (Å²) in [5, 5.41) is 8.77. The van der Waals surface area contributed by atoms with Crippen LogP contribution < -0.4 is 0 Å². The number of rotatable bonds is 4. The Hall–Kier alpha value is -0.430. The highest BCUT2D eigenvalue weighted by molar-refractivity contribution is 7.85. The molecule has 1 heterocycles. The molecule has 1 saturated heterocycles. The van der Waals surface area contributed by atoms with Crippen molar-refractivity contribution in [3.63, 3.8) is 0 Å². The Kier molecular flexibility index (Phi) is 7.61. The first kappa shape index (κ1) is 16.6. The van der Waals surface area contributed by atoms with Gasteiger partial charge in [0.2, 0.25) is 0 Å². The molecule has 1 rings (SSSR count). The molecule has 0 unspecified atom stereocenters. The van der Waals surface area contributed by atoms with Gasteiger partial charge in [-0.05, 0) is 19.3 Å². The van der Waals surface area contributed by atoms with Crippen molar-refractivity contribution in [3.05, 3.63) is 12.7 Å². The number of quaternary nitrogens is 1. The maximum absolute atomic E-state index is 9.60. The Morgan fingerprint density at radius 2 is 1.88 bits per heavy atom. The zero-order valence-electron chi connectivity index (χ0n) is 10.5. The molecule has 0 amide bonds. The van der Waals surface area contributed by atoms with Crippen LogP contribution in [0.2, 0.25) is 0 Å².